The zero-order valence-electron chi connectivity index (χ0n) is 24.8. The van der Waals surface area contributed by atoms with E-state index in [0.29, 0.717) is 25.0 Å². The first kappa shape index (κ1) is 28.0. The summed E-state index contributed by atoms with van der Waals surface area (Å²) in [6.45, 7) is 8.80. The van der Waals surface area contributed by atoms with Crippen LogP contribution in [-0.2, 0) is 4.74 Å². The molecule has 0 N–H and O–H groups in total. The zero-order valence-corrected chi connectivity index (χ0v) is 25.5. The number of aromatic nitrogens is 1. The lowest BCUT2D eigenvalue weighted by atomic mass is 9.76. The van der Waals surface area contributed by atoms with Crippen LogP contribution in [0.2, 0.25) is 0 Å². The van der Waals surface area contributed by atoms with Gasteiger partial charge < -0.3 is 9.64 Å². The molecular formula is C34H36ClN6O2+. The van der Waals surface area contributed by atoms with Crippen LogP contribution in [0.25, 0.3) is 22.2 Å². The summed E-state index contributed by atoms with van der Waals surface area (Å²) in [5, 5.41) is 1.07. The molecule has 1 unspecified atom stereocenters. The summed E-state index contributed by atoms with van der Waals surface area (Å²) < 4.78 is 5.55. The first-order chi connectivity index (χ1) is 20.7. The molecule has 2 fully saturated rings. The lowest BCUT2D eigenvalue weighted by Gasteiger charge is -2.46. The Morgan fingerprint density at radius 2 is 1.72 bits per heavy atom. The number of rotatable bonds is 4. The van der Waals surface area contributed by atoms with Crippen LogP contribution in [0.1, 0.15) is 39.2 Å². The Labute approximate surface area is 257 Å². The van der Waals surface area contributed by atoms with Gasteiger partial charge in [-0.05, 0) is 51.8 Å². The molecule has 0 bridgehead atoms. The molecule has 9 heteroatoms. The van der Waals surface area contributed by atoms with Crippen LogP contribution in [0, 0.1) is 5.92 Å². The molecule has 43 heavy (non-hydrogen) atoms. The molecule has 1 saturated heterocycles. The van der Waals surface area contributed by atoms with E-state index in [1.54, 1.807) is 6.20 Å². The minimum atomic E-state index is -0.479. The molecule has 3 aliphatic heterocycles. The minimum absolute atomic E-state index is 0.0154. The molecule has 2 aromatic carbocycles. The number of amidine groups is 1. The fraction of sp³-hybridized carbons (Fsp3) is 0.353. The highest BCUT2D eigenvalue weighted by atomic mass is 35.5. The average molecular weight is 596 g/mol. The number of amides is 1. The van der Waals surface area contributed by atoms with Crippen LogP contribution in [0.4, 0.5) is 4.79 Å². The number of benzene rings is 2. The summed E-state index contributed by atoms with van der Waals surface area (Å²) in [5.74, 6) is 1.08. The van der Waals surface area contributed by atoms with E-state index in [9.17, 15) is 4.79 Å². The van der Waals surface area contributed by atoms with Gasteiger partial charge in [0.1, 0.15) is 17.5 Å². The summed E-state index contributed by atoms with van der Waals surface area (Å²) in [5.41, 5.74) is 5.33. The van der Waals surface area contributed by atoms with E-state index >= 15 is 0 Å². The summed E-state index contributed by atoms with van der Waals surface area (Å²) in [6, 6.07) is 21.1. The number of carbonyl (C=O) groups excluding carboxylic acids is 1. The number of hydrogen-bond donors (Lipinski definition) is 0. The molecule has 0 spiro atoms. The van der Waals surface area contributed by atoms with Crippen LogP contribution in [0.5, 0.6) is 0 Å². The van der Waals surface area contributed by atoms with Crippen molar-refractivity contribution in [1.29, 1.82) is 0 Å². The summed E-state index contributed by atoms with van der Waals surface area (Å²) in [7, 11) is 0. The monoisotopic (exact) mass is 595 g/mol. The summed E-state index contributed by atoms with van der Waals surface area (Å²) >= 11 is 7.34. The van der Waals surface area contributed by atoms with Crippen molar-refractivity contribution in [3.05, 3.63) is 90.0 Å². The number of hydrogen-bond acceptors (Lipinski definition) is 6. The van der Waals surface area contributed by atoms with Crippen LogP contribution in [0.3, 0.4) is 0 Å². The van der Waals surface area contributed by atoms with Crippen LogP contribution in [0.15, 0.2) is 94.4 Å². The maximum absolute atomic E-state index is 12.5. The molecule has 4 aliphatic rings. The first-order valence-electron chi connectivity index (χ1n) is 15.0. The number of pyridine rings is 1. The molecule has 1 atom stereocenters. The van der Waals surface area contributed by atoms with Gasteiger partial charge in [-0.3, -0.25) is 9.89 Å². The van der Waals surface area contributed by atoms with Crippen molar-refractivity contribution >= 4 is 40.8 Å². The molecule has 8 nitrogen and oxygen atoms in total. The van der Waals surface area contributed by atoms with Crippen molar-refractivity contribution in [2.45, 2.75) is 45.3 Å². The van der Waals surface area contributed by atoms with E-state index in [1.807, 2.05) is 56.3 Å². The largest absolute Gasteiger partial charge is 0.444 e. The van der Waals surface area contributed by atoms with Crippen LogP contribution < -0.4 is 0 Å². The molecular weight excluding hydrogens is 560 g/mol. The lowest BCUT2D eigenvalue weighted by molar-refractivity contribution is -0.600. The number of nitrogens with zero attached hydrogens (tertiary/aromatic N) is 6. The van der Waals surface area contributed by atoms with Crippen molar-refractivity contribution < 1.29 is 13.5 Å². The second-order valence-corrected chi connectivity index (χ2v) is 13.2. The molecule has 1 saturated carbocycles. The molecule has 1 aliphatic carbocycles. The molecule has 4 heterocycles. The summed E-state index contributed by atoms with van der Waals surface area (Å²) in [4.78, 5) is 31.4. The first-order valence-corrected chi connectivity index (χ1v) is 15.3. The number of allylic oxidation sites excluding steroid dienone is 2. The van der Waals surface area contributed by atoms with Gasteiger partial charge in [0.2, 0.25) is 5.70 Å². The number of ether oxygens (including phenoxy) is 1. The molecule has 0 radical (unpaired) electrons. The Balaban J connectivity index is 1.09. The van der Waals surface area contributed by atoms with Gasteiger partial charge in [-0.1, -0.05) is 42.5 Å². The van der Waals surface area contributed by atoms with E-state index in [2.05, 4.69) is 52.4 Å². The van der Waals surface area contributed by atoms with E-state index < -0.39 is 5.60 Å². The Kier molecular flexibility index (Phi) is 6.95. The van der Waals surface area contributed by atoms with Gasteiger partial charge in [0.05, 0.1) is 29.2 Å². The van der Waals surface area contributed by atoms with Gasteiger partial charge in [-0.2, -0.15) is 4.99 Å². The molecule has 220 valence electrons. The number of halogens is 1. The third kappa shape index (κ3) is 5.28. The lowest BCUT2D eigenvalue weighted by Crippen LogP contribution is -2.55. The number of aliphatic imine (C=N–C) groups is 2. The quantitative estimate of drug-likeness (QED) is 0.314. The van der Waals surface area contributed by atoms with Gasteiger partial charge >= 0.3 is 6.09 Å². The van der Waals surface area contributed by atoms with Crippen molar-refractivity contribution in [1.82, 2.24) is 14.8 Å². The summed E-state index contributed by atoms with van der Waals surface area (Å²) in [6.07, 6.45) is 7.30. The maximum Gasteiger partial charge on any atom is 0.410 e. The molecule has 1 amide bonds. The van der Waals surface area contributed by atoms with Crippen LogP contribution >= 0.6 is 11.8 Å². The van der Waals surface area contributed by atoms with Crippen LogP contribution in [-0.4, -0.2) is 74.8 Å². The second-order valence-electron chi connectivity index (χ2n) is 12.7. The van der Waals surface area contributed by atoms with Crippen molar-refractivity contribution in [2.75, 3.05) is 26.2 Å². The van der Waals surface area contributed by atoms with Gasteiger partial charge in [0, 0.05) is 49.1 Å². The second kappa shape index (κ2) is 10.7. The van der Waals surface area contributed by atoms with E-state index in [-0.39, 0.29) is 10.1 Å². The maximum atomic E-state index is 12.5. The highest BCUT2D eigenvalue weighted by molar-refractivity contribution is 6.20. The van der Waals surface area contributed by atoms with E-state index in [1.165, 1.54) is 0 Å². The fourth-order valence-electron chi connectivity index (χ4n) is 6.35. The number of carbonyl (C=O) groups is 1. The van der Waals surface area contributed by atoms with Gasteiger partial charge in [0.15, 0.2) is 11.8 Å². The van der Waals surface area contributed by atoms with E-state index in [0.717, 1.165) is 70.9 Å². The highest BCUT2D eigenvalue weighted by Crippen LogP contribution is 2.46. The predicted octanol–water partition coefficient (Wildman–Crippen LogP) is 6.73. The highest BCUT2D eigenvalue weighted by Gasteiger charge is 2.50. The number of piperazine rings is 1. The predicted molar refractivity (Wildman–Crippen MR) is 170 cm³/mol. The van der Waals surface area contributed by atoms with Crippen molar-refractivity contribution in [3.8, 4) is 11.3 Å². The standard InChI is InChI=1S/C34H36ClN6O2/c1-34(2,3)43-33(42)40-16-14-39(15-17-40)27-19-26(20-27)31-30-22-36-13-18-41(30,35)32(38-31)25-10-9-24-11-12-28(37-29(24)21-25)23-7-5-4-6-8-23/h4-13,18,21-22,26-27H,14-17,19-20H2,1-3H3/q+1. The van der Waals surface area contributed by atoms with Crippen molar-refractivity contribution in [3.63, 3.8) is 0 Å². The topological polar surface area (TPSA) is 70.4 Å². The third-order valence-electron chi connectivity index (χ3n) is 8.70. The fourth-order valence-corrected chi connectivity index (χ4v) is 6.67. The van der Waals surface area contributed by atoms with Gasteiger partial charge in [-0.15, -0.1) is 4.00 Å². The van der Waals surface area contributed by atoms with Gasteiger partial charge in [0.25, 0.3) is 5.84 Å². The Morgan fingerprint density at radius 3 is 2.47 bits per heavy atom. The normalized spacial score (nSPS) is 25.5. The average Bonchev–Trinajstić information content (AvgIpc) is 3.28. The molecule has 3 aromatic rings. The smallest absolute Gasteiger partial charge is 0.410 e. The Hall–Kier alpha value is -3.85. The third-order valence-corrected chi connectivity index (χ3v) is 9.16. The Bertz CT molecular complexity index is 1690. The molecule has 1 aromatic heterocycles. The zero-order chi connectivity index (χ0) is 29.8. The van der Waals surface area contributed by atoms with Crippen molar-refractivity contribution in [2.24, 2.45) is 15.9 Å². The number of quaternary nitrogens is 1. The van der Waals surface area contributed by atoms with E-state index in [4.69, 9.17) is 26.5 Å². The molecule has 7 rings (SSSR count). The SMILES string of the molecule is CC(C)(C)OC(=O)N1CCN(C2CC(C3=C4C=NC=C[N+]4(Cl)C(c4ccc5ccc(-c6ccccc6)nc5c4)=N3)C2)CC1. The number of fused-ring (bicyclic) bond motifs is 2. The van der Waals surface area contributed by atoms with Gasteiger partial charge in [-0.25, -0.2) is 9.78 Å². The Morgan fingerprint density at radius 1 is 0.977 bits per heavy atom. The minimum Gasteiger partial charge on any atom is -0.444 e.